The van der Waals surface area contributed by atoms with E-state index in [9.17, 15) is 13.2 Å². The number of hydrogen-bond donors (Lipinski definition) is 0. The molecule has 0 fully saturated rings. The third-order valence-corrected chi connectivity index (χ3v) is 3.34. The van der Waals surface area contributed by atoms with Gasteiger partial charge in [0.15, 0.2) is 0 Å². The Balaban J connectivity index is 2.39. The van der Waals surface area contributed by atoms with E-state index in [0.717, 1.165) is 12.1 Å². The van der Waals surface area contributed by atoms with Crippen LogP contribution in [0.25, 0.3) is 10.6 Å². The average molecular weight is 278 g/mol. The maximum atomic E-state index is 12.5. The quantitative estimate of drug-likeness (QED) is 0.733. The Morgan fingerprint density at radius 2 is 2.06 bits per heavy atom. The molecule has 0 radical (unpaired) electrons. The van der Waals surface area contributed by atoms with Gasteiger partial charge in [-0.1, -0.05) is 12.1 Å². The van der Waals surface area contributed by atoms with Crippen LogP contribution in [-0.2, 0) is 12.1 Å². The van der Waals surface area contributed by atoms with Crippen LogP contribution >= 0.6 is 22.9 Å². The molecule has 2 rings (SSSR count). The number of hydrogen-bond acceptors (Lipinski definition) is 2. The predicted octanol–water partition coefficient (Wildman–Crippen LogP) is 4.57. The van der Waals surface area contributed by atoms with E-state index in [4.69, 9.17) is 11.6 Å². The summed E-state index contributed by atoms with van der Waals surface area (Å²) in [4.78, 5) is 4.14. The molecule has 0 spiro atoms. The van der Waals surface area contributed by atoms with Gasteiger partial charge in [-0.15, -0.1) is 22.9 Å². The minimum atomic E-state index is -4.33. The lowest BCUT2D eigenvalue weighted by atomic mass is 10.1. The molecule has 1 aromatic heterocycles. The summed E-state index contributed by atoms with van der Waals surface area (Å²) in [7, 11) is 0. The fourth-order valence-electron chi connectivity index (χ4n) is 1.33. The molecule has 0 saturated carbocycles. The van der Waals surface area contributed by atoms with Crippen molar-refractivity contribution in [2.75, 3.05) is 0 Å². The topological polar surface area (TPSA) is 12.9 Å². The van der Waals surface area contributed by atoms with Gasteiger partial charge in [0, 0.05) is 10.9 Å². The molecule has 2 aromatic rings. The second kappa shape index (κ2) is 4.66. The highest BCUT2D eigenvalue weighted by Crippen LogP contribution is 2.33. The monoisotopic (exact) mass is 277 g/mol. The zero-order chi connectivity index (χ0) is 12.5. The SMILES string of the molecule is FC(F)(F)c1cccc(-c2nc(CCl)cs2)c1. The van der Waals surface area contributed by atoms with Crippen LogP contribution in [0, 0.1) is 0 Å². The molecule has 0 aliphatic rings. The Kier molecular flexibility index (Phi) is 3.40. The van der Waals surface area contributed by atoms with Gasteiger partial charge in [-0.2, -0.15) is 13.2 Å². The molecule has 0 saturated heterocycles. The van der Waals surface area contributed by atoms with Crippen LogP contribution in [0.15, 0.2) is 29.6 Å². The van der Waals surface area contributed by atoms with Crippen LogP contribution < -0.4 is 0 Å². The number of aromatic nitrogens is 1. The highest BCUT2D eigenvalue weighted by molar-refractivity contribution is 7.13. The number of benzene rings is 1. The molecule has 0 atom stereocenters. The van der Waals surface area contributed by atoms with Gasteiger partial charge < -0.3 is 0 Å². The van der Waals surface area contributed by atoms with E-state index in [0.29, 0.717) is 16.3 Å². The second-order valence-electron chi connectivity index (χ2n) is 3.36. The van der Waals surface area contributed by atoms with Crippen molar-refractivity contribution < 1.29 is 13.2 Å². The fraction of sp³-hybridized carbons (Fsp3) is 0.182. The van der Waals surface area contributed by atoms with Crippen molar-refractivity contribution >= 4 is 22.9 Å². The third-order valence-electron chi connectivity index (χ3n) is 2.13. The summed E-state index contributed by atoms with van der Waals surface area (Å²) >= 11 is 6.88. The van der Waals surface area contributed by atoms with Gasteiger partial charge in [-0.25, -0.2) is 4.98 Å². The van der Waals surface area contributed by atoms with Gasteiger partial charge >= 0.3 is 6.18 Å². The van der Waals surface area contributed by atoms with Crippen LogP contribution in [0.1, 0.15) is 11.3 Å². The molecule has 0 aliphatic heterocycles. The largest absolute Gasteiger partial charge is 0.416 e. The molecule has 6 heteroatoms. The first kappa shape index (κ1) is 12.4. The summed E-state index contributed by atoms with van der Waals surface area (Å²) < 4.78 is 37.6. The number of nitrogens with zero attached hydrogens (tertiary/aromatic N) is 1. The van der Waals surface area contributed by atoms with Crippen LogP contribution in [0.3, 0.4) is 0 Å². The molecule has 0 N–H and O–H groups in total. The smallest absolute Gasteiger partial charge is 0.240 e. The first-order valence-corrected chi connectivity index (χ1v) is 6.10. The molecule has 0 unspecified atom stereocenters. The minimum absolute atomic E-state index is 0.259. The van der Waals surface area contributed by atoms with Crippen molar-refractivity contribution in [2.45, 2.75) is 12.1 Å². The van der Waals surface area contributed by atoms with Gasteiger partial charge in [-0.05, 0) is 12.1 Å². The average Bonchev–Trinajstić information content (AvgIpc) is 2.76. The van der Waals surface area contributed by atoms with E-state index in [1.165, 1.54) is 17.4 Å². The van der Waals surface area contributed by atoms with E-state index in [-0.39, 0.29) is 5.88 Å². The van der Waals surface area contributed by atoms with Crippen LogP contribution in [0.5, 0.6) is 0 Å². The maximum absolute atomic E-state index is 12.5. The van der Waals surface area contributed by atoms with E-state index < -0.39 is 11.7 Å². The van der Waals surface area contributed by atoms with Crippen molar-refractivity contribution in [3.8, 4) is 10.6 Å². The molecule has 1 heterocycles. The van der Waals surface area contributed by atoms with Crippen molar-refractivity contribution in [3.63, 3.8) is 0 Å². The van der Waals surface area contributed by atoms with Crippen molar-refractivity contribution in [3.05, 3.63) is 40.9 Å². The number of halogens is 4. The van der Waals surface area contributed by atoms with E-state index in [2.05, 4.69) is 4.98 Å². The molecular weight excluding hydrogens is 271 g/mol. The molecule has 1 aromatic carbocycles. The van der Waals surface area contributed by atoms with Crippen molar-refractivity contribution in [2.24, 2.45) is 0 Å². The van der Waals surface area contributed by atoms with Gasteiger partial charge in [0.05, 0.1) is 17.1 Å². The summed E-state index contributed by atoms with van der Waals surface area (Å²) in [5.41, 5.74) is 0.461. The molecule has 90 valence electrons. The minimum Gasteiger partial charge on any atom is -0.240 e. The Hall–Kier alpha value is -1.07. The first-order chi connectivity index (χ1) is 8.00. The third kappa shape index (κ3) is 2.79. The molecule has 0 aliphatic carbocycles. The standard InChI is InChI=1S/C11H7ClF3NS/c12-5-9-6-17-10(16-9)7-2-1-3-8(4-7)11(13,14)15/h1-4,6H,5H2. The number of alkyl halides is 4. The summed E-state index contributed by atoms with van der Waals surface area (Å²) in [6.07, 6.45) is -4.33. The summed E-state index contributed by atoms with van der Waals surface area (Å²) in [6.45, 7) is 0. The van der Waals surface area contributed by atoms with E-state index >= 15 is 0 Å². The van der Waals surface area contributed by atoms with Gasteiger partial charge in [-0.3, -0.25) is 0 Å². The molecule has 17 heavy (non-hydrogen) atoms. The maximum Gasteiger partial charge on any atom is 0.416 e. The van der Waals surface area contributed by atoms with Crippen LogP contribution in [0.4, 0.5) is 13.2 Å². The fourth-order valence-corrected chi connectivity index (χ4v) is 2.37. The lowest BCUT2D eigenvalue weighted by Gasteiger charge is -2.07. The molecule has 0 amide bonds. The van der Waals surface area contributed by atoms with Crippen LogP contribution in [0.2, 0.25) is 0 Å². The van der Waals surface area contributed by atoms with Crippen molar-refractivity contribution in [1.29, 1.82) is 0 Å². The lowest BCUT2D eigenvalue weighted by molar-refractivity contribution is -0.137. The normalized spacial score (nSPS) is 11.8. The summed E-state index contributed by atoms with van der Waals surface area (Å²) in [5.74, 6) is 0.259. The zero-order valence-corrected chi connectivity index (χ0v) is 10.0. The molecule has 0 bridgehead atoms. The highest BCUT2D eigenvalue weighted by atomic mass is 35.5. The summed E-state index contributed by atoms with van der Waals surface area (Å²) in [6, 6.07) is 5.11. The number of rotatable bonds is 2. The first-order valence-electron chi connectivity index (χ1n) is 4.68. The van der Waals surface area contributed by atoms with Crippen molar-refractivity contribution in [1.82, 2.24) is 4.98 Å². The zero-order valence-electron chi connectivity index (χ0n) is 8.46. The molecule has 1 nitrogen and oxygen atoms in total. The lowest BCUT2D eigenvalue weighted by Crippen LogP contribution is -2.04. The van der Waals surface area contributed by atoms with E-state index in [1.54, 1.807) is 11.4 Å². The van der Waals surface area contributed by atoms with Gasteiger partial charge in [0.1, 0.15) is 5.01 Å². The highest BCUT2D eigenvalue weighted by Gasteiger charge is 2.30. The van der Waals surface area contributed by atoms with Crippen LogP contribution in [-0.4, -0.2) is 4.98 Å². The molecular formula is C11H7ClF3NS. The number of thiazole rings is 1. The van der Waals surface area contributed by atoms with Gasteiger partial charge in [0.2, 0.25) is 0 Å². The predicted molar refractivity (Wildman–Crippen MR) is 62.1 cm³/mol. The summed E-state index contributed by atoms with van der Waals surface area (Å²) in [5, 5.41) is 2.29. The van der Waals surface area contributed by atoms with E-state index in [1.807, 2.05) is 0 Å². The Bertz CT molecular complexity index is 521. The second-order valence-corrected chi connectivity index (χ2v) is 4.48. The van der Waals surface area contributed by atoms with Gasteiger partial charge in [0.25, 0.3) is 0 Å². The Morgan fingerprint density at radius 1 is 1.29 bits per heavy atom. The Labute approximate surface area is 105 Å². The Morgan fingerprint density at radius 3 is 2.65 bits per heavy atom.